The monoisotopic (exact) mass is 361 g/mol. The number of nitrogens with zero attached hydrogens (tertiary/aromatic N) is 1. The van der Waals surface area contributed by atoms with Crippen LogP contribution in [-0.2, 0) is 20.7 Å². The molecular weight excluding hydrogens is 342 g/mol. The number of amides is 1. The number of para-hydroxylation sites is 2. The second-order valence-corrected chi connectivity index (χ2v) is 6.08. The first-order valence-corrected chi connectivity index (χ1v) is 8.67. The lowest BCUT2D eigenvalue weighted by Gasteiger charge is -2.07. The van der Waals surface area contributed by atoms with E-state index in [0.29, 0.717) is 17.7 Å². The Balaban J connectivity index is 1.42. The first-order chi connectivity index (χ1) is 13.2. The molecule has 27 heavy (non-hydrogen) atoms. The zero-order valence-electron chi connectivity index (χ0n) is 14.7. The predicted molar refractivity (Wildman–Crippen MR) is 102 cm³/mol. The van der Waals surface area contributed by atoms with Gasteiger partial charge in [-0.15, -0.1) is 0 Å². The van der Waals surface area contributed by atoms with Crippen LogP contribution in [0.4, 0.5) is 5.69 Å². The third-order valence-corrected chi connectivity index (χ3v) is 4.19. The molecule has 3 aromatic rings. The Labute approximate surface area is 156 Å². The highest BCUT2D eigenvalue weighted by Gasteiger charge is 2.10. The van der Waals surface area contributed by atoms with Crippen molar-refractivity contribution in [3.8, 4) is 6.07 Å². The number of hydrogen-bond acceptors (Lipinski definition) is 4. The third-order valence-electron chi connectivity index (χ3n) is 4.19. The zero-order chi connectivity index (χ0) is 19.1. The molecule has 0 unspecified atom stereocenters. The summed E-state index contributed by atoms with van der Waals surface area (Å²) in [7, 11) is 0. The van der Waals surface area contributed by atoms with Gasteiger partial charge in [0.1, 0.15) is 6.07 Å². The van der Waals surface area contributed by atoms with Crippen molar-refractivity contribution in [2.45, 2.75) is 19.3 Å². The van der Waals surface area contributed by atoms with Crippen LogP contribution in [0, 0.1) is 11.3 Å². The molecule has 2 aromatic carbocycles. The number of nitrogens with one attached hydrogen (secondary N) is 2. The van der Waals surface area contributed by atoms with Crippen LogP contribution in [0.15, 0.2) is 54.7 Å². The molecule has 0 bridgehead atoms. The summed E-state index contributed by atoms with van der Waals surface area (Å²) in [6, 6.07) is 16.7. The Hall–Kier alpha value is -3.59. The number of carbonyl (C=O) groups excluding carboxylic acids is 2. The van der Waals surface area contributed by atoms with Crippen molar-refractivity contribution in [3.63, 3.8) is 0 Å². The van der Waals surface area contributed by atoms with Crippen LogP contribution in [0.1, 0.15) is 24.0 Å². The zero-order valence-corrected chi connectivity index (χ0v) is 14.7. The summed E-state index contributed by atoms with van der Waals surface area (Å²) in [6.45, 7) is -0.369. The molecule has 6 nitrogen and oxygen atoms in total. The van der Waals surface area contributed by atoms with Gasteiger partial charge in [0.15, 0.2) is 6.61 Å². The summed E-state index contributed by atoms with van der Waals surface area (Å²) in [4.78, 5) is 26.9. The fraction of sp³-hybridized carbons (Fsp3) is 0.190. The van der Waals surface area contributed by atoms with Gasteiger partial charge in [0.05, 0.1) is 11.3 Å². The largest absolute Gasteiger partial charge is 0.456 e. The van der Waals surface area contributed by atoms with E-state index in [1.807, 2.05) is 36.5 Å². The van der Waals surface area contributed by atoms with Gasteiger partial charge in [0.25, 0.3) is 5.91 Å². The van der Waals surface area contributed by atoms with Crippen molar-refractivity contribution < 1.29 is 14.3 Å². The normalized spacial score (nSPS) is 10.3. The van der Waals surface area contributed by atoms with Crippen molar-refractivity contribution in [2.75, 3.05) is 11.9 Å². The average Bonchev–Trinajstić information content (AvgIpc) is 3.10. The molecule has 6 heteroatoms. The molecule has 2 N–H and O–H groups in total. The van der Waals surface area contributed by atoms with Gasteiger partial charge in [0.2, 0.25) is 0 Å². The predicted octanol–water partition coefficient (Wildman–Crippen LogP) is 3.54. The molecule has 3 rings (SSSR count). The number of ether oxygens (including phenoxy) is 1. The van der Waals surface area contributed by atoms with Gasteiger partial charge in [-0.3, -0.25) is 9.59 Å². The molecule has 1 aromatic heterocycles. The van der Waals surface area contributed by atoms with Crippen LogP contribution in [0.5, 0.6) is 0 Å². The van der Waals surface area contributed by atoms with E-state index < -0.39 is 11.9 Å². The Bertz CT molecular complexity index is 1000. The van der Waals surface area contributed by atoms with Crippen LogP contribution in [0.25, 0.3) is 10.9 Å². The third kappa shape index (κ3) is 4.73. The van der Waals surface area contributed by atoms with Gasteiger partial charge in [-0.1, -0.05) is 30.3 Å². The minimum Gasteiger partial charge on any atom is -0.456 e. The molecule has 0 saturated carbocycles. The first kappa shape index (κ1) is 18.2. The number of anilines is 1. The number of esters is 1. The number of H-pyrrole nitrogens is 1. The highest BCUT2D eigenvalue weighted by molar-refractivity contribution is 5.94. The lowest BCUT2D eigenvalue weighted by atomic mass is 10.1. The maximum atomic E-state index is 11.9. The van der Waals surface area contributed by atoms with E-state index in [0.717, 1.165) is 22.9 Å². The number of aromatic amines is 1. The fourth-order valence-electron chi connectivity index (χ4n) is 2.86. The minimum atomic E-state index is -0.470. The molecule has 0 spiro atoms. The highest BCUT2D eigenvalue weighted by Crippen LogP contribution is 2.19. The smallest absolute Gasteiger partial charge is 0.306 e. The molecule has 0 aliphatic carbocycles. The van der Waals surface area contributed by atoms with E-state index in [1.165, 1.54) is 0 Å². The number of fused-ring (bicyclic) bond motifs is 1. The second-order valence-electron chi connectivity index (χ2n) is 6.08. The number of carbonyl (C=O) groups is 2. The van der Waals surface area contributed by atoms with Gasteiger partial charge in [-0.2, -0.15) is 5.26 Å². The maximum Gasteiger partial charge on any atom is 0.306 e. The second kappa shape index (κ2) is 8.68. The highest BCUT2D eigenvalue weighted by atomic mass is 16.5. The molecule has 136 valence electrons. The molecule has 1 heterocycles. The summed E-state index contributed by atoms with van der Waals surface area (Å²) >= 11 is 0. The van der Waals surface area contributed by atoms with Crippen LogP contribution in [0.2, 0.25) is 0 Å². The number of hydrogen-bond donors (Lipinski definition) is 2. The van der Waals surface area contributed by atoms with Gasteiger partial charge in [-0.25, -0.2) is 0 Å². The summed E-state index contributed by atoms with van der Waals surface area (Å²) in [5.41, 5.74) is 2.99. The molecule has 0 aliphatic rings. The molecule has 0 aliphatic heterocycles. The van der Waals surface area contributed by atoms with Crippen LogP contribution in [0.3, 0.4) is 0 Å². The van der Waals surface area contributed by atoms with E-state index in [4.69, 9.17) is 10.00 Å². The lowest BCUT2D eigenvalue weighted by molar-refractivity contribution is -0.147. The van der Waals surface area contributed by atoms with E-state index >= 15 is 0 Å². The van der Waals surface area contributed by atoms with Gasteiger partial charge < -0.3 is 15.0 Å². The van der Waals surface area contributed by atoms with Crippen molar-refractivity contribution in [3.05, 3.63) is 65.9 Å². The van der Waals surface area contributed by atoms with E-state index in [1.54, 1.807) is 24.3 Å². The van der Waals surface area contributed by atoms with Crippen molar-refractivity contribution in [2.24, 2.45) is 0 Å². The molecule has 0 saturated heterocycles. The average molecular weight is 361 g/mol. The van der Waals surface area contributed by atoms with E-state index in [2.05, 4.69) is 10.3 Å². The van der Waals surface area contributed by atoms with Crippen molar-refractivity contribution in [1.29, 1.82) is 5.26 Å². The summed E-state index contributed by atoms with van der Waals surface area (Å²) in [5, 5.41) is 12.7. The van der Waals surface area contributed by atoms with Crippen LogP contribution in [-0.4, -0.2) is 23.5 Å². The lowest BCUT2D eigenvalue weighted by Crippen LogP contribution is -2.21. The van der Waals surface area contributed by atoms with Crippen molar-refractivity contribution >= 4 is 28.5 Å². The molecule has 0 atom stereocenters. The Morgan fingerprint density at radius 1 is 1.11 bits per heavy atom. The maximum absolute atomic E-state index is 11.9. The van der Waals surface area contributed by atoms with Crippen LogP contribution < -0.4 is 5.32 Å². The number of rotatable bonds is 7. The van der Waals surface area contributed by atoms with Crippen LogP contribution >= 0.6 is 0 Å². The van der Waals surface area contributed by atoms with Gasteiger partial charge >= 0.3 is 5.97 Å². The first-order valence-electron chi connectivity index (χ1n) is 8.67. The summed E-state index contributed by atoms with van der Waals surface area (Å²) < 4.78 is 5.01. The Morgan fingerprint density at radius 3 is 2.74 bits per heavy atom. The van der Waals surface area contributed by atoms with Gasteiger partial charge in [0, 0.05) is 23.5 Å². The Morgan fingerprint density at radius 2 is 1.89 bits per heavy atom. The SMILES string of the molecule is N#Cc1ccccc1NC(=O)COC(=O)CCCc1c[nH]c2ccccc12. The number of benzene rings is 2. The number of aryl methyl sites for hydroxylation is 1. The fourth-order valence-corrected chi connectivity index (χ4v) is 2.86. The Kier molecular flexibility index (Phi) is 5.85. The summed E-state index contributed by atoms with van der Waals surface area (Å²) in [6.07, 6.45) is 3.58. The van der Waals surface area contributed by atoms with E-state index in [-0.39, 0.29) is 13.0 Å². The van der Waals surface area contributed by atoms with E-state index in [9.17, 15) is 9.59 Å². The topological polar surface area (TPSA) is 95.0 Å². The molecular formula is C21H19N3O3. The molecule has 0 fully saturated rings. The minimum absolute atomic E-state index is 0.238. The quantitative estimate of drug-likeness (QED) is 0.629. The number of aromatic nitrogens is 1. The number of nitriles is 1. The van der Waals surface area contributed by atoms with Crippen molar-refractivity contribution in [1.82, 2.24) is 4.98 Å². The summed E-state index contributed by atoms with van der Waals surface area (Å²) in [5.74, 6) is -0.888. The standard InChI is InChI=1S/C21H19N3O3/c22-12-15-6-1-3-9-18(15)24-20(25)14-27-21(26)11-5-7-16-13-23-19-10-4-2-8-17(16)19/h1-4,6,8-10,13,23H,5,7,11,14H2,(H,24,25). The van der Waals surface area contributed by atoms with Gasteiger partial charge in [-0.05, 0) is 36.6 Å². The molecule has 1 amide bonds. The molecule has 0 radical (unpaired) electrons.